The zero-order chi connectivity index (χ0) is 22.4. The third-order valence-corrected chi connectivity index (χ3v) is 6.92. The number of hydrogen-bond donors (Lipinski definition) is 1. The van der Waals surface area contributed by atoms with Crippen LogP contribution in [0.15, 0.2) is 47.7 Å². The van der Waals surface area contributed by atoms with Gasteiger partial charge < -0.3 is 14.5 Å². The highest BCUT2D eigenvalue weighted by atomic mass is 16.5. The summed E-state index contributed by atoms with van der Waals surface area (Å²) < 4.78 is 14.9. The van der Waals surface area contributed by atoms with Crippen molar-refractivity contribution in [3.8, 4) is 11.1 Å². The summed E-state index contributed by atoms with van der Waals surface area (Å²) in [5.74, 6) is 0.119. The second-order valence-electron chi connectivity index (χ2n) is 8.95. The average molecular weight is 446 g/mol. The predicted molar refractivity (Wildman–Crippen MR) is 127 cm³/mol. The number of H-pyrrole nitrogens is 1. The van der Waals surface area contributed by atoms with Crippen LogP contribution in [0.25, 0.3) is 39.0 Å². The number of fused-ring (bicyclic) bond motifs is 2. The maximum absolute atomic E-state index is 13.7. The molecule has 0 aromatic carbocycles. The Balaban J connectivity index is 1.51. The molecule has 8 nitrogen and oxygen atoms in total. The average Bonchev–Trinajstić information content (AvgIpc) is 3.57. The molecule has 0 bridgehead atoms. The van der Waals surface area contributed by atoms with Gasteiger partial charge in [0, 0.05) is 60.4 Å². The first-order valence-electron chi connectivity index (χ1n) is 11.6. The van der Waals surface area contributed by atoms with E-state index >= 15 is 0 Å². The fourth-order valence-corrected chi connectivity index (χ4v) is 5.09. The maximum atomic E-state index is 13.7. The molecule has 4 aromatic heterocycles. The van der Waals surface area contributed by atoms with Crippen LogP contribution in [0.4, 0.5) is 0 Å². The van der Waals surface area contributed by atoms with E-state index in [-0.39, 0.29) is 17.7 Å². The Labute approximate surface area is 190 Å². The van der Waals surface area contributed by atoms with Crippen LogP contribution in [0.2, 0.25) is 0 Å². The first-order chi connectivity index (χ1) is 16.2. The summed E-state index contributed by atoms with van der Waals surface area (Å²) in [5, 5.41) is 1.04. The summed E-state index contributed by atoms with van der Waals surface area (Å²) >= 11 is 0. The molecule has 6 rings (SSSR count). The lowest BCUT2D eigenvalue weighted by atomic mass is 10.0. The Morgan fingerprint density at radius 1 is 1.18 bits per heavy atom. The molecular weight excluding hydrogens is 418 g/mol. The van der Waals surface area contributed by atoms with Gasteiger partial charge in [0.05, 0.1) is 24.8 Å². The van der Waals surface area contributed by atoms with Crippen molar-refractivity contribution in [2.24, 2.45) is 5.92 Å². The molecule has 1 aliphatic carbocycles. The molecule has 2 aliphatic rings. The SMILES string of the molecule is CO[C@@H]1COC[C@H]1Cn1c(=O)n(C2=CCCCC2)c2ncc(-c3cnc4[nH]ccc4c3)cc21. The Kier molecular flexibility index (Phi) is 5.11. The number of rotatable bonds is 5. The molecule has 0 spiro atoms. The summed E-state index contributed by atoms with van der Waals surface area (Å²) in [6, 6.07) is 6.16. The van der Waals surface area contributed by atoms with Crippen molar-refractivity contribution >= 4 is 27.9 Å². The van der Waals surface area contributed by atoms with Crippen LogP contribution >= 0.6 is 0 Å². The topological polar surface area (TPSA) is 87.0 Å². The molecular formula is C25H27N5O3. The Bertz CT molecular complexity index is 1410. The standard InChI is InChI=1S/C25H27N5O3/c1-32-22-15-33-14-19(22)13-29-21-10-18(17-9-16-7-8-26-23(16)27-11-17)12-28-24(21)30(25(29)31)20-5-3-2-4-6-20/h5,7-12,19,22H,2-4,6,13-15H2,1H3,(H,26,27)/t19-,22-/m1/s1. The smallest absolute Gasteiger partial charge is 0.334 e. The van der Waals surface area contributed by atoms with Crippen molar-refractivity contribution in [3.63, 3.8) is 0 Å². The van der Waals surface area contributed by atoms with Crippen LogP contribution in [0, 0.1) is 5.92 Å². The highest BCUT2D eigenvalue weighted by molar-refractivity contribution is 5.85. The molecule has 0 saturated carbocycles. The number of nitrogens with zero attached hydrogens (tertiary/aromatic N) is 4. The molecule has 1 fully saturated rings. The van der Waals surface area contributed by atoms with E-state index in [9.17, 15) is 4.79 Å². The van der Waals surface area contributed by atoms with Crippen molar-refractivity contribution in [1.29, 1.82) is 0 Å². The van der Waals surface area contributed by atoms with Gasteiger partial charge in [0.1, 0.15) is 5.65 Å². The fraction of sp³-hybridized carbons (Fsp3) is 0.400. The highest BCUT2D eigenvalue weighted by Crippen LogP contribution is 2.29. The van der Waals surface area contributed by atoms with Crippen LogP contribution in [-0.2, 0) is 16.0 Å². The van der Waals surface area contributed by atoms with Gasteiger partial charge in [-0.1, -0.05) is 6.08 Å². The lowest BCUT2D eigenvalue weighted by molar-refractivity contribution is 0.0632. The monoisotopic (exact) mass is 445 g/mol. The van der Waals surface area contributed by atoms with Crippen molar-refractivity contribution in [2.75, 3.05) is 20.3 Å². The number of pyridine rings is 2. The minimum absolute atomic E-state index is 0.0134. The number of methoxy groups -OCH3 is 1. The molecule has 1 aliphatic heterocycles. The van der Waals surface area contributed by atoms with Gasteiger partial charge in [0.25, 0.3) is 0 Å². The van der Waals surface area contributed by atoms with Crippen LogP contribution in [-0.4, -0.2) is 50.5 Å². The van der Waals surface area contributed by atoms with E-state index in [0.717, 1.165) is 59.1 Å². The zero-order valence-electron chi connectivity index (χ0n) is 18.7. The van der Waals surface area contributed by atoms with Gasteiger partial charge in [-0.2, -0.15) is 0 Å². The number of aromatic amines is 1. The zero-order valence-corrected chi connectivity index (χ0v) is 18.7. The van der Waals surface area contributed by atoms with Crippen molar-refractivity contribution < 1.29 is 9.47 Å². The number of aromatic nitrogens is 5. The Morgan fingerprint density at radius 2 is 2.06 bits per heavy atom. The number of imidazole rings is 1. The summed E-state index contributed by atoms with van der Waals surface area (Å²) in [4.78, 5) is 26.2. The van der Waals surface area contributed by atoms with E-state index in [0.29, 0.717) is 25.4 Å². The first-order valence-corrected chi connectivity index (χ1v) is 11.6. The van der Waals surface area contributed by atoms with Crippen LogP contribution < -0.4 is 5.69 Å². The van der Waals surface area contributed by atoms with Crippen LogP contribution in [0.5, 0.6) is 0 Å². The van der Waals surface area contributed by atoms with Gasteiger partial charge >= 0.3 is 5.69 Å². The molecule has 33 heavy (non-hydrogen) atoms. The van der Waals surface area contributed by atoms with Crippen LogP contribution in [0.3, 0.4) is 0 Å². The van der Waals surface area contributed by atoms with Gasteiger partial charge in [-0.15, -0.1) is 0 Å². The number of allylic oxidation sites excluding steroid dienone is 2. The lowest BCUT2D eigenvalue weighted by Crippen LogP contribution is -2.31. The predicted octanol–water partition coefficient (Wildman–Crippen LogP) is 3.82. The van der Waals surface area contributed by atoms with Crippen molar-refractivity contribution in [3.05, 3.63) is 53.3 Å². The van der Waals surface area contributed by atoms with Crippen molar-refractivity contribution in [2.45, 2.75) is 38.3 Å². The van der Waals surface area contributed by atoms with E-state index in [1.165, 1.54) is 0 Å². The summed E-state index contributed by atoms with van der Waals surface area (Å²) in [6.45, 7) is 1.68. The van der Waals surface area contributed by atoms with E-state index < -0.39 is 0 Å². The maximum Gasteiger partial charge on any atom is 0.334 e. The largest absolute Gasteiger partial charge is 0.379 e. The van der Waals surface area contributed by atoms with E-state index in [2.05, 4.69) is 28.2 Å². The van der Waals surface area contributed by atoms with Gasteiger partial charge in [0.15, 0.2) is 5.65 Å². The van der Waals surface area contributed by atoms with Gasteiger partial charge in [-0.05, 0) is 43.9 Å². The number of ether oxygens (including phenoxy) is 2. The molecule has 2 atom stereocenters. The molecule has 170 valence electrons. The second kappa shape index (κ2) is 8.28. The lowest BCUT2D eigenvalue weighted by Gasteiger charge is -2.16. The fourth-order valence-electron chi connectivity index (χ4n) is 5.09. The van der Waals surface area contributed by atoms with Gasteiger partial charge in [0.2, 0.25) is 0 Å². The molecule has 5 heterocycles. The van der Waals surface area contributed by atoms with Gasteiger partial charge in [-0.25, -0.2) is 19.3 Å². The number of hydrogen-bond acceptors (Lipinski definition) is 5. The summed E-state index contributed by atoms with van der Waals surface area (Å²) in [7, 11) is 1.70. The Morgan fingerprint density at radius 3 is 2.91 bits per heavy atom. The molecule has 8 heteroatoms. The quantitative estimate of drug-likeness (QED) is 0.505. The molecule has 1 N–H and O–H groups in total. The normalized spacial score (nSPS) is 21.2. The molecule has 0 amide bonds. The molecule has 1 saturated heterocycles. The minimum atomic E-state index is -0.0382. The van der Waals surface area contributed by atoms with E-state index in [1.807, 2.05) is 33.8 Å². The van der Waals surface area contributed by atoms with Crippen LogP contribution in [0.1, 0.15) is 25.7 Å². The highest BCUT2D eigenvalue weighted by Gasteiger charge is 2.30. The Hall–Kier alpha value is -3.23. The minimum Gasteiger partial charge on any atom is -0.379 e. The third kappa shape index (κ3) is 3.50. The van der Waals surface area contributed by atoms with E-state index in [1.54, 1.807) is 7.11 Å². The second-order valence-corrected chi connectivity index (χ2v) is 8.95. The van der Waals surface area contributed by atoms with Crippen molar-refractivity contribution in [1.82, 2.24) is 24.1 Å². The molecule has 4 aromatic rings. The van der Waals surface area contributed by atoms with Gasteiger partial charge in [-0.3, -0.25) is 4.57 Å². The van der Waals surface area contributed by atoms with E-state index in [4.69, 9.17) is 14.5 Å². The molecule has 0 radical (unpaired) electrons. The summed E-state index contributed by atoms with van der Waals surface area (Å²) in [5.41, 5.74) is 5.32. The molecule has 0 unspecified atom stereocenters. The number of nitrogens with one attached hydrogen (secondary N) is 1. The summed E-state index contributed by atoms with van der Waals surface area (Å²) in [6.07, 6.45) is 11.9. The third-order valence-electron chi connectivity index (χ3n) is 6.92. The first kappa shape index (κ1) is 20.4.